The molecule has 0 saturated heterocycles. The van der Waals surface area contributed by atoms with Crippen molar-refractivity contribution in [3.05, 3.63) is 94.4 Å². The third-order valence-corrected chi connectivity index (χ3v) is 5.22. The monoisotopic (exact) mass is 436 g/mol. The van der Waals surface area contributed by atoms with Crippen molar-refractivity contribution in [1.29, 1.82) is 0 Å². The molecule has 0 saturated carbocycles. The number of imide groups is 1. The van der Waals surface area contributed by atoms with Gasteiger partial charge in [-0.1, -0.05) is 35.9 Å². The van der Waals surface area contributed by atoms with Crippen molar-refractivity contribution in [3.8, 4) is 5.75 Å². The van der Waals surface area contributed by atoms with Gasteiger partial charge in [0.25, 0.3) is 11.8 Å². The van der Waals surface area contributed by atoms with Gasteiger partial charge in [0, 0.05) is 5.02 Å². The Bertz CT molecular complexity index is 1220. The van der Waals surface area contributed by atoms with Gasteiger partial charge in [-0.05, 0) is 60.5 Å². The number of anilines is 2. The van der Waals surface area contributed by atoms with Gasteiger partial charge in [0.05, 0.1) is 24.1 Å². The molecule has 0 spiro atoms. The van der Waals surface area contributed by atoms with Crippen molar-refractivity contribution in [2.75, 3.05) is 17.3 Å². The van der Waals surface area contributed by atoms with E-state index in [-0.39, 0.29) is 11.3 Å². The summed E-state index contributed by atoms with van der Waals surface area (Å²) in [7, 11) is 1.51. The van der Waals surface area contributed by atoms with E-state index in [9.17, 15) is 14.0 Å². The fourth-order valence-electron chi connectivity index (χ4n) is 3.50. The van der Waals surface area contributed by atoms with Crippen LogP contribution in [0.2, 0.25) is 5.02 Å². The van der Waals surface area contributed by atoms with E-state index in [0.29, 0.717) is 33.3 Å². The summed E-state index contributed by atoms with van der Waals surface area (Å²) < 4.78 is 18.9. The summed E-state index contributed by atoms with van der Waals surface area (Å²) in [6.45, 7) is 1.77. The van der Waals surface area contributed by atoms with E-state index in [1.807, 2.05) is 0 Å². The minimum absolute atomic E-state index is 0.0791. The number of rotatable bonds is 5. The van der Waals surface area contributed by atoms with Gasteiger partial charge in [0.1, 0.15) is 17.3 Å². The number of carbonyl (C=O) groups is 2. The third kappa shape index (κ3) is 3.78. The third-order valence-electron chi connectivity index (χ3n) is 4.98. The largest absolute Gasteiger partial charge is 0.495 e. The Labute approximate surface area is 183 Å². The SMILES string of the molecule is COc1ccccc1NC1=C(c2ccc(F)cc2)C(=O)N(c2ccc(Cl)cc2C)C1=O. The molecule has 3 aromatic rings. The zero-order valence-electron chi connectivity index (χ0n) is 16.8. The van der Waals surface area contributed by atoms with Crippen LogP contribution >= 0.6 is 11.6 Å². The van der Waals surface area contributed by atoms with Gasteiger partial charge in [-0.25, -0.2) is 9.29 Å². The lowest BCUT2D eigenvalue weighted by Crippen LogP contribution is -2.33. The first-order valence-electron chi connectivity index (χ1n) is 9.46. The summed E-state index contributed by atoms with van der Waals surface area (Å²) in [6.07, 6.45) is 0. The topological polar surface area (TPSA) is 58.6 Å². The molecular formula is C24H18ClFN2O3. The van der Waals surface area contributed by atoms with E-state index in [2.05, 4.69) is 5.32 Å². The van der Waals surface area contributed by atoms with Gasteiger partial charge in [-0.2, -0.15) is 0 Å². The number of carbonyl (C=O) groups excluding carboxylic acids is 2. The molecule has 0 fully saturated rings. The second-order valence-electron chi connectivity index (χ2n) is 6.96. The second-order valence-corrected chi connectivity index (χ2v) is 7.40. The number of ether oxygens (including phenoxy) is 1. The predicted octanol–water partition coefficient (Wildman–Crippen LogP) is 5.19. The van der Waals surface area contributed by atoms with Crippen LogP contribution in [0.4, 0.5) is 15.8 Å². The minimum atomic E-state index is -0.527. The summed E-state index contributed by atoms with van der Waals surface area (Å²) in [6, 6.07) is 17.4. The van der Waals surface area contributed by atoms with Gasteiger partial charge in [-0.15, -0.1) is 0 Å². The van der Waals surface area contributed by atoms with Crippen LogP contribution in [0, 0.1) is 12.7 Å². The number of aryl methyl sites for hydroxylation is 1. The van der Waals surface area contributed by atoms with Gasteiger partial charge in [0.2, 0.25) is 0 Å². The molecule has 0 aromatic heterocycles. The van der Waals surface area contributed by atoms with Gasteiger partial charge in [-0.3, -0.25) is 9.59 Å². The van der Waals surface area contributed by atoms with Crippen LogP contribution in [-0.4, -0.2) is 18.9 Å². The Balaban J connectivity index is 1.86. The van der Waals surface area contributed by atoms with Gasteiger partial charge in [0.15, 0.2) is 0 Å². The molecule has 156 valence electrons. The van der Waals surface area contributed by atoms with E-state index in [4.69, 9.17) is 16.3 Å². The summed E-state index contributed by atoms with van der Waals surface area (Å²) in [5.41, 5.74) is 2.27. The van der Waals surface area contributed by atoms with Crippen LogP contribution in [0.15, 0.2) is 72.4 Å². The van der Waals surface area contributed by atoms with Crippen LogP contribution in [0.3, 0.4) is 0 Å². The normalized spacial score (nSPS) is 13.7. The molecule has 7 heteroatoms. The average Bonchev–Trinajstić information content (AvgIpc) is 2.99. The quantitative estimate of drug-likeness (QED) is 0.559. The average molecular weight is 437 g/mol. The Kier molecular flexibility index (Phi) is 5.48. The number of benzene rings is 3. The maximum absolute atomic E-state index is 13.5. The number of nitrogens with zero attached hydrogens (tertiary/aromatic N) is 1. The number of hydrogen-bond acceptors (Lipinski definition) is 4. The second kappa shape index (κ2) is 8.24. The number of amides is 2. The molecular weight excluding hydrogens is 419 g/mol. The molecule has 3 aromatic carbocycles. The highest BCUT2D eigenvalue weighted by Crippen LogP contribution is 2.37. The fraction of sp³-hybridized carbons (Fsp3) is 0.0833. The van der Waals surface area contributed by atoms with Crippen molar-refractivity contribution in [1.82, 2.24) is 0 Å². The summed E-state index contributed by atoms with van der Waals surface area (Å²) in [4.78, 5) is 28.0. The number of methoxy groups -OCH3 is 1. The molecule has 1 N–H and O–H groups in total. The van der Waals surface area contributed by atoms with Crippen LogP contribution in [0.5, 0.6) is 5.75 Å². The Hall–Kier alpha value is -3.64. The van der Waals surface area contributed by atoms with E-state index >= 15 is 0 Å². The lowest BCUT2D eigenvalue weighted by atomic mass is 10.0. The highest BCUT2D eigenvalue weighted by molar-refractivity contribution is 6.46. The van der Waals surface area contributed by atoms with Crippen LogP contribution in [-0.2, 0) is 9.59 Å². The predicted molar refractivity (Wildman–Crippen MR) is 119 cm³/mol. The van der Waals surface area contributed by atoms with E-state index in [0.717, 1.165) is 4.90 Å². The van der Waals surface area contributed by atoms with Crippen LogP contribution in [0.1, 0.15) is 11.1 Å². The summed E-state index contributed by atoms with van der Waals surface area (Å²) in [5.74, 6) is -0.972. The number of nitrogens with one attached hydrogen (secondary N) is 1. The number of halogens is 2. The van der Waals surface area contributed by atoms with E-state index in [1.54, 1.807) is 49.4 Å². The van der Waals surface area contributed by atoms with Crippen molar-refractivity contribution < 1.29 is 18.7 Å². The maximum atomic E-state index is 13.5. The Morgan fingerprint density at radius 1 is 0.968 bits per heavy atom. The fourth-order valence-corrected chi connectivity index (χ4v) is 3.73. The lowest BCUT2D eigenvalue weighted by molar-refractivity contribution is -0.120. The highest BCUT2D eigenvalue weighted by atomic mass is 35.5. The number of para-hydroxylation sites is 2. The minimum Gasteiger partial charge on any atom is -0.495 e. The van der Waals surface area contributed by atoms with Gasteiger partial charge >= 0.3 is 0 Å². The zero-order valence-corrected chi connectivity index (χ0v) is 17.5. The first kappa shape index (κ1) is 20.6. The molecule has 0 aliphatic carbocycles. The van der Waals surface area contributed by atoms with Crippen molar-refractivity contribution in [2.45, 2.75) is 6.92 Å². The van der Waals surface area contributed by atoms with Crippen molar-refractivity contribution in [2.24, 2.45) is 0 Å². The molecule has 1 aliphatic rings. The van der Waals surface area contributed by atoms with Crippen molar-refractivity contribution in [3.63, 3.8) is 0 Å². The highest BCUT2D eigenvalue weighted by Gasteiger charge is 2.41. The molecule has 0 bridgehead atoms. The molecule has 0 radical (unpaired) electrons. The Morgan fingerprint density at radius 2 is 1.68 bits per heavy atom. The molecule has 4 rings (SSSR count). The van der Waals surface area contributed by atoms with Gasteiger partial charge < -0.3 is 10.1 Å². The molecule has 0 atom stereocenters. The molecule has 0 unspecified atom stereocenters. The smallest absolute Gasteiger partial charge is 0.282 e. The lowest BCUT2D eigenvalue weighted by Gasteiger charge is -2.18. The molecule has 1 heterocycles. The number of hydrogen-bond donors (Lipinski definition) is 1. The maximum Gasteiger partial charge on any atom is 0.282 e. The summed E-state index contributed by atoms with van der Waals surface area (Å²) >= 11 is 6.04. The molecule has 1 aliphatic heterocycles. The first-order chi connectivity index (χ1) is 14.9. The van der Waals surface area contributed by atoms with E-state index < -0.39 is 17.6 Å². The zero-order chi connectivity index (χ0) is 22.1. The van der Waals surface area contributed by atoms with Crippen molar-refractivity contribution >= 4 is 40.4 Å². The molecule has 31 heavy (non-hydrogen) atoms. The Morgan fingerprint density at radius 3 is 2.35 bits per heavy atom. The van der Waals surface area contributed by atoms with Crippen LogP contribution < -0.4 is 15.0 Å². The summed E-state index contributed by atoms with van der Waals surface area (Å²) in [5, 5.41) is 3.56. The molecule has 2 amide bonds. The standard InChI is InChI=1S/C24H18ClFN2O3/c1-14-13-16(25)9-12-19(14)28-23(29)21(15-7-10-17(26)11-8-15)22(24(28)30)27-18-5-3-4-6-20(18)31-2/h3-13,27H,1-2H3. The first-order valence-corrected chi connectivity index (χ1v) is 9.83. The molecule has 5 nitrogen and oxygen atoms in total. The van der Waals surface area contributed by atoms with E-state index in [1.165, 1.54) is 31.4 Å². The van der Waals surface area contributed by atoms with Crippen LogP contribution in [0.25, 0.3) is 5.57 Å².